The number of rotatable bonds is 5. The molecule has 1 fully saturated rings. The number of nitrogens with one attached hydrogen (secondary N) is 2. The first-order chi connectivity index (χ1) is 14.0. The van der Waals surface area contributed by atoms with E-state index in [1.807, 2.05) is 12.4 Å². The minimum Gasteiger partial charge on any atom is -0.361 e. The first-order valence-electron chi connectivity index (χ1n) is 9.87. The molecule has 2 aromatic heterocycles. The molecule has 4 aromatic rings. The minimum absolute atomic E-state index is 0.0206. The van der Waals surface area contributed by atoms with E-state index in [0.717, 1.165) is 52.8 Å². The Balaban J connectivity index is 1.51. The molecule has 0 bridgehead atoms. The number of nitrogens with zero attached hydrogens (tertiary/aromatic N) is 1. The molecule has 148 valence electrons. The molecule has 1 atom stereocenters. The third kappa shape index (κ3) is 3.23. The average Bonchev–Trinajstić information content (AvgIpc) is 3.32. The lowest BCUT2D eigenvalue weighted by molar-refractivity contribution is 0.194. The van der Waals surface area contributed by atoms with E-state index in [-0.39, 0.29) is 23.1 Å². The number of aromatic nitrogens is 3. The van der Waals surface area contributed by atoms with Gasteiger partial charge in [0.2, 0.25) is 0 Å². The van der Waals surface area contributed by atoms with Crippen LogP contribution in [0.4, 0.5) is 8.78 Å². The lowest BCUT2D eigenvalue weighted by Crippen LogP contribution is -2.52. The molecule has 0 aliphatic heterocycles. The lowest BCUT2D eigenvalue weighted by Gasteiger charge is -2.44. The molecular weight excluding hydrogens is 370 g/mol. The standard InChI is InChI=1S/C23H22F2N4/c24-16-4-2-14(3-5-16)21-13-28-22(29-21)19(23(26)8-1-9-23)10-15-12-27-20-7-6-17(25)11-18(15)20/h2-7,11-13,19,27H,1,8-10,26H2,(H,28,29)/t19-/m1/s1. The summed E-state index contributed by atoms with van der Waals surface area (Å²) in [4.78, 5) is 11.3. The summed E-state index contributed by atoms with van der Waals surface area (Å²) < 4.78 is 27.0. The van der Waals surface area contributed by atoms with Crippen LogP contribution >= 0.6 is 0 Å². The predicted molar refractivity (Wildman–Crippen MR) is 109 cm³/mol. The molecule has 1 aliphatic carbocycles. The maximum Gasteiger partial charge on any atom is 0.123 e. The quantitative estimate of drug-likeness (QED) is 0.445. The zero-order valence-electron chi connectivity index (χ0n) is 15.9. The minimum atomic E-state index is -0.338. The highest BCUT2D eigenvalue weighted by Gasteiger charge is 2.43. The normalized spacial score (nSPS) is 16.7. The number of hydrogen-bond acceptors (Lipinski definition) is 2. The van der Waals surface area contributed by atoms with Gasteiger partial charge in [0, 0.05) is 40.3 Å². The van der Waals surface area contributed by atoms with Crippen molar-refractivity contribution >= 4 is 10.9 Å². The number of benzene rings is 2. The molecule has 0 saturated heterocycles. The van der Waals surface area contributed by atoms with E-state index in [9.17, 15) is 8.78 Å². The van der Waals surface area contributed by atoms with Gasteiger partial charge in [0.05, 0.1) is 5.69 Å². The fourth-order valence-corrected chi connectivity index (χ4v) is 4.33. The Morgan fingerprint density at radius 3 is 2.48 bits per heavy atom. The van der Waals surface area contributed by atoms with Crippen molar-refractivity contribution in [2.24, 2.45) is 5.73 Å². The molecule has 1 saturated carbocycles. The third-order valence-electron chi connectivity index (χ3n) is 6.20. The molecule has 6 heteroatoms. The first-order valence-corrected chi connectivity index (χ1v) is 9.87. The van der Waals surface area contributed by atoms with Crippen LogP contribution in [0.1, 0.15) is 36.6 Å². The lowest BCUT2D eigenvalue weighted by atomic mass is 9.66. The maximum atomic E-state index is 13.8. The summed E-state index contributed by atoms with van der Waals surface area (Å²) in [5.41, 5.74) is 9.95. The summed E-state index contributed by atoms with van der Waals surface area (Å²) >= 11 is 0. The molecule has 0 radical (unpaired) electrons. The van der Waals surface area contributed by atoms with Crippen molar-refractivity contribution < 1.29 is 8.78 Å². The third-order valence-corrected chi connectivity index (χ3v) is 6.20. The van der Waals surface area contributed by atoms with Gasteiger partial charge < -0.3 is 15.7 Å². The van der Waals surface area contributed by atoms with Gasteiger partial charge in [-0.2, -0.15) is 0 Å². The summed E-state index contributed by atoms with van der Waals surface area (Å²) in [5.74, 6) is 0.270. The van der Waals surface area contributed by atoms with E-state index in [1.54, 1.807) is 24.3 Å². The van der Waals surface area contributed by atoms with E-state index in [4.69, 9.17) is 10.7 Å². The number of H-pyrrole nitrogens is 2. The Morgan fingerprint density at radius 1 is 1.00 bits per heavy atom. The van der Waals surface area contributed by atoms with Crippen LogP contribution in [0.25, 0.3) is 22.2 Å². The molecule has 2 heterocycles. The van der Waals surface area contributed by atoms with Crippen LogP contribution in [-0.2, 0) is 6.42 Å². The molecule has 5 rings (SSSR count). The molecule has 0 spiro atoms. The van der Waals surface area contributed by atoms with E-state index >= 15 is 0 Å². The van der Waals surface area contributed by atoms with Crippen LogP contribution in [0.15, 0.2) is 54.9 Å². The monoisotopic (exact) mass is 392 g/mol. The number of aromatic amines is 2. The highest BCUT2D eigenvalue weighted by Crippen LogP contribution is 2.43. The molecule has 2 aromatic carbocycles. The van der Waals surface area contributed by atoms with Crippen LogP contribution in [0.3, 0.4) is 0 Å². The van der Waals surface area contributed by atoms with Crippen molar-refractivity contribution in [1.29, 1.82) is 0 Å². The largest absolute Gasteiger partial charge is 0.361 e. The first kappa shape index (κ1) is 18.1. The van der Waals surface area contributed by atoms with Crippen molar-refractivity contribution in [3.8, 4) is 11.3 Å². The Labute approximate surface area is 167 Å². The Hall–Kier alpha value is -2.99. The molecular formula is C23H22F2N4. The van der Waals surface area contributed by atoms with Gasteiger partial charge in [-0.1, -0.05) is 0 Å². The predicted octanol–water partition coefficient (Wildman–Crippen LogP) is 5.04. The molecule has 4 nitrogen and oxygen atoms in total. The maximum absolute atomic E-state index is 13.8. The van der Waals surface area contributed by atoms with E-state index in [1.165, 1.54) is 18.2 Å². The number of fused-ring (bicyclic) bond motifs is 1. The van der Waals surface area contributed by atoms with E-state index in [0.29, 0.717) is 6.42 Å². The number of hydrogen-bond donors (Lipinski definition) is 3. The summed E-state index contributed by atoms with van der Waals surface area (Å²) in [6.07, 6.45) is 7.40. The zero-order valence-corrected chi connectivity index (χ0v) is 15.9. The van der Waals surface area contributed by atoms with Crippen LogP contribution < -0.4 is 5.73 Å². The molecule has 0 amide bonds. The summed E-state index contributed by atoms with van der Waals surface area (Å²) in [7, 11) is 0. The highest BCUT2D eigenvalue weighted by molar-refractivity contribution is 5.83. The summed E-state index contributed by atoms with van der Waals surface area (Å²) in [6.45, 7) is 0. The van der Waals surface area contributed by atoms with Gasteiger partial charge >= 0.3 is 0 Å². The van der Waals surface area contributed by atoms with Crippen molar-refractivity contribution in [2.45, 2.75) is 37.1 Å². The fourth-order valence-electron chi connectivity index (χ4n) is 4.33. The summed E-state index contributed by atoms with van der Waals surface area (Å²) in [6, 6.07) is 11.1. The Kier molecular flexibility index (Phi) is 4.24. The van der Waals surface area contributed by atoms with Gasteiger partial charge in [-0.25, -0.2) is 13.8 Å². The van der Waals surface area contributed by atoms with Gasteiger partial charge in [0.15, 0.2) is 0 Å². The molecule has 4 N–H and O–H groups in total. The highest BCUT2D eigenvalue weighted by atomic mass is 19.1. The van der Waals surface area contributed by atoms with Crippen molar-refractivity contribution in [3.63, 3.8) is 0 Å². The van der Waals surface area contributed by atoms with Gasteiger partial charge in [-0.05, 0) is 73.7 Å². The zero-order chi connectivity index (χ0) is 20.0. The second-order valence-electron chi connectivity index (χ2n) is 8.03. The number of imidazole rings is 1. The number of halogens is 2. The van der Waals surface area contributed by atoms with Crippen LogP contribution in [0.2, 0.25) is 0 Å². The van der Waals surface area contributed by atoms with Crippen molar-refractivity contribution in [2.75, 3.05) is 0 Å². The topological polar surface area (TPSA) is 70.5 Å². The van der Waals surface area contributed by atoms with Crippen molar-refractivity contribution in [3.05, 3.63) is 77.9 Å². The molecule has 0 unspecified atom stereocenters. The van der Waals surface area contributed by atoms with Crippen molar-refractivity contribution in [1.82, 2.24) is 15.0 Å². The fraction of sp³-hybridized carbons (Fsp3) is 0.261. The Bertz CT molecular complexity index is 1160. The average molecular weight is 392 g/mol. The summed E-state index contributed by atoms with van der Waals surface area (Å²) in [5, 5.41) is 0.878. The molecule has 29 heavy (non-hydrogen) atoms. The van der Waals surface area contributed by atoms with Gasteiger partial charge in [0.25, 0.3) is 0 Å². The van der Waals surface area contributed by atoms with Gasteiger partial charge in [-0.15, -0.1) is 0 Å². The number of nitrogens with two attached hydrogens (primary N) is 1. The van der Waals surface area contributed by atoms with Gasteiger partial charge in [0.1, 0.15) is 17.5 Å². The molecule has 1 aliphatic rings. The Morgan fingerprint density at radius 2 is 1.76 bits per heavy atom. The van der Waals surface area contributed by atoms with Gasteiger partial charge in [-0.3, -0.25) is 0 Å². The SMILES string of the molecule is NC1([C@H](Cc2c[nH]c3ccc(F)cc23)c2nc(-c3ccc(F)cc3)c[nH]2)CCC1. The second-order valence-corrected chi connectivity index (χ2v) is 8.03. The van der Waals surface area contributed by atoms with Crippen LogP contribution in [0, 0.1) is 11.6 Å². The van der Waals surface area contributed by atoms with E-state index < -0.39 is 0 Å². The smallest absolute Gasteiger partial charge is 0.123 e. The second kappa shape index (κ2) is 6.81. The van der Waals surface area contributed by atoms with Crippen LogP contribution in [-0.4, -0.2) is 20.5 Å². The van der Waals surface area contributed by atoms with E-state index in [2.05, 4.69) is 9.97 Å². The van der Waals surface area contributed by atoms with Crippen LogP contribution in [0.5, 0.6) is 0 Å².